The molecule has 2 N–H and O–H groups in total. The second kappa shape index (κ2) is 10.3. The molecule has 3 heterocycles. The van der Waals surface area contributed by atoms with Gasteiger partial charge in [0.2, 0.25) is 5.91 Å². The van der Waals surface area contributed by atoms with Gasteiger partial charge >= 0.3 is 12.2 Å². The van der Waals surface area contributed by atoms with Crippen molar-refractivity contribution in [2.45, 2.75) is 51.9 Å². The Bertz CT molecular complexity index is 1560. The zero-order valence-electron chi connectivity index (χ0n) is 22.5. The Morgan fingerprint density at radius 2 is 1.90 bits per heavy atom. The lowest BCUT2D eigenvalue weighted by Gasteiger charge is -2.41. The van der Waals surface area contributed by atoms with Gasteiger partial charge in [-0.05, 0) is 67.6 Å². The van der Waals surface area contributed by atoms with Crippen LogP contribution in [0.25, 0.3) is 16.1 Å². The Labute approximate surface area is 234 Å². The van der Waals surface area contributed by atoms with Crippen LogP contribution in [0.4, 0.5) is 18.0 Å². The van der Waals surface area contributed by atoms with Gasteiger partial charge in [0, 0.05) is 54.9 Å². The minimum Gasteiger partial charge on any atom is -0.366 e. The maximum atomic E-state index is 13.9. The van der Waals surface area contributed by atoms with Gasteiger partial charge in [0.15, 0.2) is 4.96 Å². The Kier molecular flexibility index (Phi) is 7.11. The summed E-state index contributed by atoms with van der Waals surface area (Å²) in [6, 6.07) is 8.13. The van der Waals surface area contributed by atoms with Crippen molar-refractivity contribution >= 4 is 28.2 Å². The molecule has 4 aromatic rings. The first-order chi connectivity index (χ1) is 18.8. The van der Waals surface area contributed by atoms with E-state index >= 15 is 0 Å². The largest absolute Gasteiger partial charge is 0.416 e. The third-order valence-electron chi connectivity index (χ3n) is 7.22. The zero-order chi connectivity index (χ0) is 28.8. The lowest BCUT2D eigenvalue weighted by molar-refractivity contribution is -0.137. The van der Waals surface area contributed by atoms with Crippen LogP contribution < -0.4 is 5.73 Å². The Hall–Kier alpha value is -3.86. The average Bonchev–Trinajstić information content (AvgIpc) is 3.48. The van der Waals surface area contributed by atoms with Crippen LogP contribution >= 0.6 is 11.3 Å². The second-order valence-electron chi connectivity index (χ2n) is 10.9. The van der Waals surface area contributed by atoms with E-state index in [1.807, 2.05) is 42.9 Å². The van der Waals surface area contributed by atoms with Gasteiger partial charge in [-0.15, -0.1) is 11.3 Å². The fourth-order valence-electron chi connectivity index (χ4n) is 5.22. The SMILES string of the molecule is CC(C)(C)N(CCc1cn2ccsc2n1)C(=O)N1CCc2c(-c3cccc(C(F)(F)F)c3)ccc(C(N)=O)c2C1. The topological polar surface area (TPSA) is 83.9 Å². The number of alkyl halides is 3. The van der Waals surface area contributed by atoms with Crippen LogP contribution in [-0.2, 0) is 25.6 Å². The summed E-state index contributed by atoms with van der Waals surface area (Å²) in [6.07, 6.45) is 0.382. The molecule has 0 unspecified atom stereocenters. The van der Waals surface area contributed by atoms with Crippen molar-refractivity contribution in [3.63, 3.8) is 0 Å². The molecule has 0 spiro atoms. The van der Waals surface area contributed by atoms with Crippen molar-refractivity contribution in [1.29, 1.82) is 0 Å². The van der Waals surface area contributed by atoms with Crippen LogP contribution in [0, 0.1) is 0 Å². The van der Waals surface area contributed by atoms with Gasteiger partial charge in [-0.3, -0.25) is 9.20 Å². The molecule has 0 radical (unpaired) electrons. The van der Waals surface area contributed by atoms with Gasteiger partial charge in [-0.1, -0.05) is 18.2 Å². The van der Waals surface area contributed by atoms with Crippen LogP contribution in [0.3, 0.4) is 0 Å². The summed E-state index contributed by atoms with van der Waals surface area (Å²) in [6.45, 7) is 6.83. The third kappa shape index (κ3) is 5.42. The first-order valence-corrected chi connectivity index (χ1v) is 13.8. The number of urea groups is 1. The molecule has 0 saturated carbocycles. The van der Waals surface area contributed by atoms with Gasteiger partial charge < -0.3 is 15.5 Å². The number of imidazole rings is 1. The van der Waals surface area contributed by atoms with Crippen molar-refractivity contribution in [1.82, 2.24) is 19.2 Å². The highest BCUT2D eigenvalue weighted by Gasteiger charge is 2.34. The molecule has 40 heavy (non-hydrogen) atoms. The van der Waals surface area contributed by atoms with Crippen LogP contribution in [0.5, 0.6) is 0 Å². The smallest absolute Gasteiger partial charge is 0.366 e. The summed E-state index contributed by atoms with van der Waals surface area (Å²) in [7, 11) is 0. The monoisotopic (exact) mass is 569 g/mol. The van der Waals surface area contributed by atoms with E-state index in [4.69, 9.17) is 5.73 Å². The van der Waals surface area contributed by atoms with Crippen molar-refractivity contribution in [2.75, 3.05) is 13.1 Å². The number of primary amides is 1. The van der Waals surface area contributed by atoms with E-state index in [0.29, 0.717) is 42.6 Å². The number of hydrogen-bond donors (Lipinski definition) is 1. The highest BCUT2D eigenvalue weighted by Crippen LogP contribution is 2.37. The second-order valence-corrected chi connectivity index (χ2v) is 11.8. The highest BCUT2D eigenvalue weighted by atomic mass is 32.1. The molecule has 2 aromatic heterocycles. The van der Waals surface area contributed by atoms with Crippen LogP contribution in [0.1, 0.15) is 53.5 Å². The van der Waals surface area contributed by atoms with Crippen molar-refractivity contribution < 1.29 is 22.8 Å². The normalized spacial score (nSPS) is 13.9. The van der Waals surface area contributed by atoms with E-state index in [-0.39, 0.29) is 18.1 Å². The number of nitrogens with zero attached hydrogens (tertiary/aromatic N) is 4. The minimum atomic E-state index is -4.48. The van der Waals surface area contributed by atoms with Crippen LogP contribution in [-0.4, -0.2) is 49.8 Å². The van der Waals surface area contributed by atoms with E-state index in [1.165, 1.54) is 12.1 Å². The zero-order valence-corrected chi connectivity index (χ0v) is 23.3. The summed E-state index contributed by atoms with van der Waals surface area (Å²) in [5.41, 5.74) is 7.92. The summed E-state index contributed by atoms with van der Waals surface area (Å²) in [4.78, 5) is 35.2. The lowest BCUT2D eigenvalue weighted by Crippen LogP contribution is -2.53. The molecule has 0 atom stereocenters. The fourth-order valence-corrected chi connectivity index (χ4v) is 5.93. The molecule has 2 aromatic carbocycles. The predicted molar refractivity (Wildman–Crippen MR) is 148 cm³/mol. The first-order valence-electron chi connectivity index (χ1n) is 12.9. The number of rotatable bonds is 5. The number of aromatic nitrogens is 2. The number of fused-ring (bicyclic) bond motifs is 2. The van der Waals surface area contributed by atoms with Crippen molar-refractivity contribution in [2.24, 2.45) is 5.73 Å². The molecule has 0 saturated heterocycles. The standard InChI is InChI=1S/C29H30F3N5O2S/c1-28(2,3)37(12-9-20-16-35-13-14-40-26(35)34-20)27(39)36-11-10-22-21(7-8-23(25(33)38)24(22)17-36)18-5-4-6-19(15-18)29(30,31)32/h4-8,13-16H,9-12,17H2,1-3H3,(H2,33,38). The Morgan fingerprint density at radius 3 is 2.58 bits per heavy atom. The van der Waals surface area contributed by atoms with Gasteiger partial charge in [-0.2, -0.15) is 13.2 Å². The number of amides is 3. The molecule has 5 rings (SSSR count). The molecule has 0 bridgehead atoms. The fraction of sp³-hybridized carbons (Fsp3) is 0.345. The van der Waals surface area contributed by atoms with Gasteiger partial charge in [0.1, 0.15) is 0 Å². The maximum absolute atomic E-state index is 13.9. The summed E-state index contributed by atoms with van der Waals surface area (Å²) in [5.74, 6) is -0.645. The lowest BCUT2D eigenvalue weighted by atomic mass is 9.87. The van der Waals surface area contributed by atoms with E-state index in [1.54, 1.807) is 33.3 Å². The van der Waals surface area contributed by atoms with E-state index < -0.39 is 23.2 Å². The maximum Gasteiger partial charge on any atom is 0.416 e. The molecular weight excluding hydrogens is 539 g/mol. The summed E-state index contributed by atoms with van der Waals surface area (Å²) >= 11 is 1.55. The van der Waals surface area contributed by atoms with Gasteiger partial charge in [0.05, 0.1) is 11.3 Å². The molecular formula is C29H30F3N5O2S. The molecule has 1 aliphatic heterocycles. The molecule has 11 heteroatoms. The molecule has 1 aliphatic rings. The van der Waals surface area contributed by atoms with Crippen LogP contribution in [0.15, 0.2) is 54.2 Å². The number of carbonyl (C=O) groups excluding carboxylic acids is 2. The van der Waals surface area contributed by atoms with E-state index in [9.17, 15) is 22.8 Å². The molecule has 3 amide bonds. The number of carbonyl (C=O) groups is 2. The summed E-state index contributed by atoms with van der Waals surface area (Å²) < 4.78 is 42.2. The van der Waals surface area contributed by atoms with E-state index in [2.05, 4.69) is 4.98 Å². The van der Waals surface area contributed by atoms with E-state index in [0.717, 1.165) is 28.4 Å². The minimum absolute atomic E-state index is 0.131. The number of thiazole rings is 1. The summed E-state index contributed by atoms with van der Waals surface area (Å²) in [5, 5.41) is 1.96. The predicted octanol–water partition coefficient (Wildman–Crippen LogP) is 6.00. The molecule has 7 nitrogen and oxygen atoms in total. The average molecular weight is 570 g/mol. The van der Waals surface area contributed by atoms with Gasteiger partial charge in [0.25, 0.3) is 0 Å². The highest BCUT2D eigenvalue weighted by molar-refractivity contribution is 7.15. The van der Waals surface area contributed by atoms with Crippen molar-refractivity contribution in [3.05, 3.63) is 82.1 Å². The quantitative estimate of drug-likeness (QED) is 0.320. The van der Waals surface area contributed by atoms with Crippen LogP contribution in [0.2, 0.25) is 0 Å². The number of benzene rings is 2. The number of nitrogens with two attached hydrogens (primary N) is 1. The third-order valence-corrected chi connectivity index (χ3v) is 7.99. The van der Waals surface area contributed by atoms with Gasteiger partial charge in [-0.25, -0.2) is 9.78 Å². The first kappa shape index (κ1) is 27.7. The molecule has 0 aliphatic carbocycles. The number of hydrogen-bond acceptors (Lipinski definition) is 4. The Morgan fingerprint density at radius 1 is 1.12 bits per heavy atom. The Balaban J connectivity index is 1.43. The van der Waals surface area contributed by atoms with Crippen molar-refractivity contribution in [3.8, 4) is 11.1 Å². The molecule has 0 fully saturated rings. The number of halogens is 3. The molecule has 210 valence electrons.